The molecule has 0 aliphatic carbocycles. The molecule has 2 aromatic carbocycles. The van der Waals surface area contributed by atoms with Crippen molar-refractivity contribution in [3.05, 3.63) is 70.4 Å². The molecule has 0 radical (unpaired) electrons. The van der Waals surface area contributed by atoms with Gasteiger partial charge in [0.15, 0.2) is 0 Å². The van der Waals surface area contributed by atoms with Crippen molar-refractivity contribution in [1.29, 1.82) is 0 Å². The molecule has 0 aromatic heterocycles. The van der Waals surface area contributed by atoms with Crippen LogP contribution < -0.4 is 4.74 Å². The highest BCUT2D eigenvalue weighted by atomic mass is 32.2. The summed E-state index contributed by atoms with van der Waals surface area (Å²) in [5.41, 5.74) is 0.797. The second kappa shape index (κ2) is 6.77. The zero-order valence-electron chi connectivity index (χ0n) is 10.9. The summed E-state index contributed by atoms with van der Waals surface area (Å²) < 4.78 is 5.30. The molecule has 0 bridgehead atoms. The third-order valence-corrected chi connectivity index (χ3v) is 3.63. The lowest BCUT2D eigenvalue weighted by atomic mass is 10.2. The zero-order valence-corrected chi connectivity index (χ0v) is 11.7. The quantitative estimate of drug-likeness (QED) is 0.614. The smallest absolute Gasteiger partial charge is 0.235 e. The van der Waals surface area contributed by atoms with E-state index in [2.05, 4.69) is 0 Å². The Morgan fingerprint density at radius 2 is 1.85 bits per heavy atom. The molecule has 2 rings (SSSR count). The third-order valence-electron chi connectivity index (χ3n) is 2.57. The lowest BCUT2D eigenvalue weighted by molar-refractivity contribution is -0.400. The molecule has 20 heavy (non-hydrogen) atoms. The number of para-hydroxylation sites is 1. The predicted molar refractivity (Wildman–Crippen MR) is 79.6 cm³/mol. The van der Waals surface area contributed by atoms with E-state index in [0.29, 0.717) is 0 Å². The molecule has 2 aromatic rings. The normalized spacial score (nSPS) is 10.7. The second-order valence-electron chi connectivity index (χ2n) is 3.92. The molecule has 5 heteroatoms. The van der Waals surface area contributed by atoms with Crippen LogP contribution >= 0.6 is 11.8 Å². The topological polar surface area (TPSA) is 52.4 Å². The molecule has 0 saturated carbocycles. The zero-order chi connectivity index (χ0) is 14.4. The fourth-order valence-corrected chi connectivity index (χ4v) is 2.55. The lowest BCUT2D eigenvalue weighted by Crippen LogP contribution is -1.85. The van der Waals surface area contributed by atoms with Gasteiger partial charge in [0, 0.05) is 11.0 Å². The Bertz CT molecular complexity index is 623. The van der Waals surface area contributed by atoms with Gasteiger partial charge in [-0.05, 0) is 29.8 Å². The van der Waals surface area contributed by atoms with Crippen LogP contribution in [0, 0.1) is 10.1 Å². The van der Waals surface area contributed by atoms with Crippen LogP contribution in [-0.2, 0) is 0 Å². The van der Waals surface area contributed by atoms with E-state index in [9.17, 15) is 10.1 Å². The van der Waals surface area contributed by atoms with E-state index in [4.69, 9.17) is 4.74 Å². The fraction of sp³-hybridized carbons (Fsp3) is 0.0667. The molecular weight excluding hydrogens is 274 g/mol. The van der Waals surface area contributed by atoms with Gasteiger partial charge in [-0.3, -0.25) is 10.1 Å². The van der Waals surface area contributed by atoms with Crippen LogP contribution in [0.3, 0.4) is 0 Å². The molecule has 102 valence electrons. The highest BCUT2D eigenvalue weighted by Gasteiger charge is 2.03. The summed E-state index contributed by atoms with van der Waals surface area (Å²) in [5.74, 6) is 0.829. The summed E-state index contributed by atoms with van der Waals surface area (Å²) in [6, 6.07) is 15.3. The SMILES string of the molecule is COc1ccccc1Sc1ccc(C=C[N+](=O)[O-])cc1. The molecule has 0 saturated heterocycles. The van der Waals surface area contributed by atoms with Crippen LogP contribution in [0.5, 0.6) is 5.75 Å². The van der Waals surface area contributed by atoms with Crippen molar-refractivity contribution in [3.63, 3.8) is 0 Å². The van der Waals surface area contributed by atoms with Gasteiger partial charge in [0.2, 0.25) is 6.20 Å². The van der Waals surface area contributed by atoms with Crippen molar-refractivity contribution >= 4 is 17.8 Å². The van der Waals surface area contributed by atoms with Crippen molar-refractivity contribution in [2.24, 2.45) is 0 Å². The van der Waals surface area contributed by atoms with Gasteiger partial charge in [0.05, 0.1) is 16.9 Å². The Morgan fingerprint density at radius 1 is 1.15 bits per heavy atom. The summed E-state index contributed by atoms with van der Waals surface area (Å²) in [7, 11) is 1.64. The van der Waals surface area contributed by atoms with Gasteiger partial charge in [-0.15, -0.1) is 0 Å². The third kappa shape index (κ3) is 3.86. The first-order chi connectivity index (χ1) is 9.69. The Balaban J connectivity index is 2.13. The van der Waals surface area contributed by atoms with Crippen molar-refractivity contribution in [2.75, 3.05) is 7.11 Å². The van der Waals surface area contributed by atoms with Gasteiger partial charge < -0.3 is 4.74 Å². The molecule has 0 heterocycles. The van der Waals surface area contributed by atoms with Crippen LogP contribution in [0.4, 0.5) is 0 Å². The monoisotopic (exact) mass is 287 g/mol. The van der Waals surface area contributed by atoms with Crippen molar-refractivity contribution < 1.29 is 9.66 Å². The number of ether oxygens (including phenoxy) is 1. The molecule has 0 fully saturated rings. The molecule has 0 atom stereocenters. The molecule has 0 spiro atoms. The maximum atomic E-state index is 10.3. The summed E-state index contributed by atoms with van der Waals surface area (Å²) >= 11 is 1.59. The minimum atomic E-state index is -0.475. The van der Waals surface area contributed by atoms with E-state index >= 15 is 0 Å². The van der Waals surface area contributed by atoms with Crippen molar-refractivity contribution in [2.45, 2.75) is 9.79 Å². The van der Waals surface area contributed by atoms with E-state index in [-0.39, 0.29) is 0 Å². The molecule has 0 aliphatic rings. The van der Waals surface area contributed by atoms with Crippen LogP contribution in [-0.4, -0.2) is 12.0 Å². The maximum Gasteiger partial charge on any atom is 0.235 e. The molecule has 0 N–H and O–H groups in total. The Kier molecular flexibility index (Phi) is 4.79. The number of rotatable bonds is 5. The molecule has 0 unspecified atom stereocenters. The largest absolute Gasteiger partial charge is 0.496 e. The predicted octanol–water partition coefficient (Wildman–Crippen LogP) is 4.09. The Labute approximate surface area is 121 Å². The molecule has 0 amide bonds. The van der Waals surface area contributed by atoms with Crippen LogP contribution in [0.25, 0.3) is 6.08 Å². The van der Waals surface area contributed by atoms with Gasteiger partial charge in [0.1, 0.15) is 5.75 Å². The summed E-state index contributed by atoms with van der Waals surface area (Å²) in [5, 5.41) is 10.3. The highest BCUT2D eigenvalue weighted by Crippen LogP contribution is 2.34. The van der Waals surface area contributed by atoms with Gasteiger partial charge in [-0.2, -0.15) is 0 Å². The average Bonchev–Trinajstić information content (AvgIpc) is 2.47. The first kappa shape index (κ1) is 14.1. The highest BCUT2D eigenvalue weighted by molar-refractivity contribution is 7.99. The first-order valence-corrected chi connectivity index (χ1v) is 6.73. The van der Waals surface area contributed by atoms with E-state index in [0.717, 1.165) is 27.3 Å². The van der Waals surface area contributed by atoms with Gasteiger partial charge in [-0.25, -0.2) is 0 Å². The minimum Gasteiger partial charge on any atom is -0.496 e. The molecule has 0 aliphatic heterocycles. The first-order valence-electron chi connectivity index (χ1n) is 5.91. The van der Waals surface area contributed by atoms with Crippen molar-refractivity contribution in [1.82, 2.24) is 0 Å². The fourth-order valence-electron chi connectivity index (χ4n) is 1.62. The Morgan fingerprint density at radius 3 is 2.50 bits per heavy atom. The summed E-state index contributed by atoms with van der Waals surface area (Å²) in [4.78, 5) is 11.9. The maximum absolute atomic E-state index is 10.3. The van der Waals surface area contributed by atoms with Crippen molar-refractivity contribution in [3.8, 4) is 5.75 Å². The molecule has 4 nitrogen and oxygen atoms in total. The average molecular weight is 287 g/mol. The minimum absolute atomic E-state index is 0.475. The number of benzene rings is 2. The number of hydrogen-bond donors (Lipinski definition) is 0. The summed E-state index contributed by atoms with van der Waals surface area (Å²) in [6.07, 6.45) is 2.40. The number of methoxy groups -OCH3 is 1. The van der Waals surface area contributed by atoms with E-state index < -0.39 is 4.92 Å². The number of nitrogens with zero attached hydrogens (tertiary/aromatic N) is 1. The second-order valence-corrected chi connectivity index (χ2v) is 5.04. The van der Waals surface area contributed by atoms with Gasteiger partial charge >= 0.3 is 0 Å². The number of hydrogen-bond acceptors (Lipinski definition) is 4. The van der Waals surface area contributed by atoms with E-state index in [1.54, 1.807) is 18.9 Å². The van der Waals surface area contributed by atoms with Crippen LogP contribution in [0.2, 0.25) is 0 Å². The van der Waals surface area contributed by atoms with Crippen LogP contribution in [0.15, 0.2) is 64.5 Å². The van der Waals surface area contributed by atoms with Gasteiger partial charge in [-0.1, -0.05) is 36.0 Å². The lowest BCUT2D eigenvalue weighted by Gasteiger charge is -2.07. The molecular formula is C15H13NO3S. The standard InChI is InChI=1S/C15H13NO3S/c1-19-14-4-2-3-5-15(14)20-13-8-6-12(7-9-13)10-11-16(17)18/h2-11H,1H3. The Hall–Kier alpha value is -2.27. The van der Waals surface area contributed by atoms with E-state index in [1.807, 2.05) is 48.5 Å². The van der Waals surface area contributed by atoms with Gasteiger partial charge in [0.25, 0.3) is 0 Å². The summed E-state index contributed by atoms with van der Waals surface area (Å²) in [6.45, 7) is 0. The van der Waals surface area contributed by atoms with E-state index in [1.165, 1.54) is 6.08 Å². The van der Waals surface area contributed by atoms with Crippen LogP contribution in [0.1, 0.15) is 5.56 Å². The number of nitro groups is 1.